The average Bonchev–Trinajstić information content (AvgIpc) is 2.75. The molecule has 2 aliphatic heterocycles. The van der Waals surface area contributed by atoms with Crippen molar-refractivity contribution >= 4 is 17.4 Å². The molecule has 3 N–H and O–H groups in total. The van der Waals surface area contributed by atoms with Crippen molar-refractivity contribution in [3.8, 4) is 5.75 Å². The van der Waals surface area contributed by atoms with Gasteiger partial charge >= 0.3 is 0 Å². The zero-order valence-corrected chi connectivity index (χ0v) is 16.2. The van der Waals surface area contributed by atoms with Crippen LogP contribution in [0.2, 0.25) is 0 Å². The van der Waals surface area contributed by atoms with E-state index >= 15 is 0 Å². The van der Waals surface area contributed by atoms with Crippen LogP contribution in [0.15, 0.2) is 48.7 Å². The second-order valence-electron chi connectivity index (χ2n) is 7.52. The molecule has 0 saturated carbocycles. The number of aromatic amines is 1. The molecule has 1 aromatic heterocycles. The predicted octanol–water partition coefficient (Wildman–Crippen LogP) is -0.740. The number of aromatic nitrogens is 1. The lowest BCUT2D eigenvalue weighted by atomic mass is 10.2. The SMILES string of the molecule is O=C(C[NH+]1CCN(c2ccccc2O)CC1)N1CCN(c2cccc[nH+]2)CC1. The van der Waals surface area contributed by atoms with Gasteiger partial charge in [0.1, 0.15) is 18.8 Å². The number of carbonyl (C=O) groups excluding carboxylic acids is 1. The number of nitrogens with zero attached hydrogens (tertiary/aromatic N) is 3. The first-order valence-corrected chi connectivity index (χ1v) is 10.1. The predicted molar refractivity (Wildman–Crippen MR) is 108 cm³/mol. The Balaban J connectivity index is 1.24. The summed E-state index contributed by atoms with van der Waals surface area (Å²) < 4.78 is 0. The summed E-state index contributed by atoms with van der Waals surface area (Å²) in [6.07, 6.45) is 1.94. The summed E-state index contributed by atoms with van der Waals surface area (Å²) in [5, 5.41) is 10.0. The molecule has 0 atom stereocenters. The van der Waals surface area contributed by atoms with E-state index in [0.29, 0.717) is 12.3 Å². The first-order chi connectivity index (χ1) is 13.7. The van der Waals surface area contributed by atoms with Gasteiger partial charge in [-0.3, -0.25) is 9.69 Å². The molecule has 28 heavy (non-hydrogen) atoms. The Morgan fingerprint density at radius 2 is 1.64 bits per heavy atom. The Labute approximate surface area is 165 Å². The van der Waals surface area contributed by atoms with E-state index in [0.717, 1.165) is 63.9 Å². The monoisotopic (exact) mass is 383 g/mol. The Bertz CT molecular complexity index is 784. The van der Waals surface area contributed by atoms with Crippen LogP contribution in [0.3, 0.4) is 0 Å². The van der Waals surface area contributed by atoms with Gasteiger partial charge in [-0.25, -0.2) is 4.98 Å². The van der Waals surface area contributed by atoms with E-state index in [1.165, 1.54) is 4.90 Å². The smallest absolute Gasteiger partial charge is 0.278 e. The zero-order chi connectivity index (χ0) is 19.3. The summed E-state index contributed by atoms with van der Waals surface area (Å²) in [6.45, 7) is 7.39. The molecule has 7 nitrogen and oxygen atoms in total. The lowest BCUT2D eigenvalue weighted by Gasteiger charge is -2.35. The number of anilines is 2. The minimum atomic E-state index is 0.252. The number of carbonyl (C=O) groups is 1. The molecule has 1 amide bonds. The molecule has 0 unspecified atom stereocenters. The van der Waals surface area contributed by atoms with Gasteiger partial charge < -0.3 is 19.8 Å². The molecule has 0 aliphatic carbocycles. The lowest BCUT2D eigenvalue weighted by molar-refractivity contribution is -0.892. The van der Waals surface area contributed by atoms with Crippen LogP contribution in [-0.4, -0.2) is 74.8 Å². The number of piperazine rings is 2. The zero-order valence-electron chi connectivity index (χ0n) is 16.2. The molecule has 3 heterocycles. The van der Waals surface area contributed by atoms with E-state index in [2.05, 4.69) is 20.9 Å². The maximum atomic E-state index is 12.7. The third-order valence-electron chi connectivity index (χ3n) is 5.76. The van der Waals surface area contributed by atoms with E-state index in [-0.39, 0.29) is 5.91 Å². The van der Waals surface area contributed by atoms with E-state index in [1.807, 2.05) is 41.4 Å². The highest BCUT2D eigenvalue weighted by Crippen LogP contribution is 2.25. The topological polar surface area (TPSA) is 65.6 Å². The number of phenols is 1. The fourth-order valence-electron chi connectivity index (χ4n) is 4.08. The van der Waals surface area contributed by atoms with Crippen molar-refractivity contribution in [2.24, 2.45) is 0 Å². The highest BCUT2D eigenvalue weighted by atomic mass is 16.3. The van der Waals surface area contributed by atoms with Crippen LogP contribution in [0.1, 0.15) is 0 Å². The van der Waals surface area contributed by atoms with Crippen LogP contribution in [0.4, 0.5) is 11.5 Å². The number of para-hydroxylation sites is 2. The molecule has 7 heteroatoms. The maximum absolute atomic E-state index is 12.7. The maximum Gasteiger partial charge on any atom is 0.278 e. The summed E-state index contributed by atoms with van der Waals surface area (Å²) in [5.41, 5.74) is 0.890. The van der Waals surface area contributed by atoms with Crippen LogP contribution in [0, 0.1) is 0 Å². The second-order valence-corrected chi connectivity index (χ2v) is 7.52. The number of hydrogen-bond donors (Lipinski definition) is 2. The summed E-state index contributed by atoms with van der Waals surface area (Å²) in [5.74, 6) is 1.69. The van der Waals surface area contributed by atoms with Gasteiger partial charge in [0.2, 0.25) is 0 Å². The quantitative estimate of drug-likeness (QED) is 0.730. The van der Waals surface area contributed by atoms with Gasteiger partial charge in [-0.1, -0.05) is 18.2 Å². The Morgan fingerprint density at radius 1 is 0.929 bits per heavy atom. The van der Waals surface area contributed by atoms with E-state index in [1.54, 1.807) is 6.07 Å². The molecule has 4 rings (SSSR count). The minimum Gasteiger partial charge on any atom is -0.506 e. The van der Waals surface area contributed by atoms with Crippen molar-refractivity contribution < 1.29 is 19.8 Å². The molecule has 148 valence electrons. The third kappa shape index (κ3) is 4.20. The molecular formula is C21H29N5O2+2. The number of benzene rings is 1. The minimum absolute atomic E-state index is 0.252. The van der Waals surface area contributed by atoms with Crippen LogP contribution >= 0.6 is 0 Å². The van der Waals surface area contributed by atoms with E-state index in [9.17, 15) is 9.90 Å². The van der Waals surface area contributed by atoms with Crippen molar-refractivity contribution in [3.05, 3.63) is 48.7 Å². The highest BCUT2D eigenvalue weighted by Gasteiger charge is 2.29. The van der Waals surface area contributed by atoms with Gasteiger partial charge in [-0.05, 0) is 18.2 Å². The third-order valence-corrected chi connectivity index (χ3v) is 5.76. The number of rotatable bonds is 4. The van der Waals surface area contributed by atoms with Crippen LogP contribution in [0.5, 0.6) is 5.75 Å². The van der Waals surface area contributed by atoms with Crippen LogP contribution in [-0.2, 0) is 4.79 Å². The Kier molecular flexibility index (Phi) is 5.62. The number of hydrogen-bond acceptors (Lipinski definition) is 4. The first-order valence-electron chi connectivity index (χ1n) is 10.1. The highest BCUT2D eigenvalue weighted by molar-refractivity contribution is 5.77. The van der Waals surface area contributed by atoms with Gasteiger partial charge in [-0.2, -0.15) is 0 Å². The standard InChI is InChI=1S/C21H27N5O2/c27-19-6-2-1-5-18(19)24-11-9-23(10-12-24)17-21(28)26-15-13-25(14-16-26)20-7-3-4-8-22-20/h1-8,27H,9-17H2/p+2. The number of nitrogens with one attached hydrogen (secondary N) is 2. The largest absolute Gasteiger partial charge is 0.506 e. The normalized spacial score (nSPS) is 18.4. The Morgan fingerprint density at radius 3 is 2.32 bits per heavy atom. The van der Waals surface area contributed by atoms with Gasteiger partial charge in [-0.15, -0.1) is 0 Å². The molecule has 0 radical (unpaired) electrons. The molecule has 2 fully saturated rings. The van der Waals surface area contributed by atoms with Crippen LogP contribution in [0.25, 0.3) is 0 Å². The van der Waals surface area contributed by atoms with E-state index in [4.69, 9.17) is 0 Å². The second kappa shape index (κ2) is 8.48. The Hall–Kier alpha value is -2.80. The molecule has 1 aromatic carbocycles. The van der Waals surface area contributed by atoms with E-state index < -0.39 is 0 Å². The summed E-state index contributed by atoms with van der Waals surface area (Å²) in [4.78, 5) is 23.8. The van der Waals surface area contributed by atoms with Crippen LogP contribution < -0.4 is 19.7 Å². The van der Waals surface area contributed by atoms with Gasteiger partial charge in [0.25, 0.3) is 11.7 Å². The number of pyridine rings is 1. The number of phenolic OH excluding ortho intramolecular Hbond substituents is 1. The van der Waals surface area contributed by atoms with Crippen molar-refractivity contribution in [2.45, 2.75) is 0 Å². The fraction of sp³-hybridized carbons (Fsp3) is 0.429. The summed E-state index contributed by atoms with van der Waals surface area (Å²) in [7, 11) is 0. The molecule has 0 bridgehead atoms. The number of aromatic hydroxyl groups is 1. The fourth-order valence-corrected chi connectivity index (χ4v) is 4.08. The molecule has 2 saturated heterocycles. The molecule has 2 aliphatic rings. The summed E-state index contributed by atoms with van der Waals surface area (Å²) in [6, 6.07) is 13.6. The molecular weight excluding hydrogens is 354 g/mol. The summed E-state index contributed by atoms with van der Waals surface area (Å²) >= 11 is 0. The first kappa shape index (κ1) is 18.6. The van der Waals surface area contributed by atoms with Gasteiger partial charge in [0, 0.05) is 6.07 Å². The van der Waals surface area contributed by atoms with Crippen molar-refractivity contribution in [2.75, 3.05) is 68.7 Å². The number of quaternary nitrogens is 1. The molecule has 0 spiro atoms. The average molecular weight is 383 g/mol. The van der Waals surface area contributed by atoms with Crippen molar-refractivity contribution in [3.63, 3.8) is 0 Å². The van der Waals surface area contributed by atoms with Gasteiger partial charge in [0.05, 0.1) is 51.2 Å². The number of H-pyrrole nitrogens is 1. The van der Waals surface area contributed by atoms with Gasteiger partial charge in [0.15, 0.2) is 6.54 Å². The molecule has 2 aromatic rings. The number of amides is 1. The lowest BCUT2D eigenvalue weighted by Crippen LogP contribution is -3.16. The van der Waals surface area contributed by atoms with Crippen molar-refractivity contribution in [1.82, 2.24) is 4.90 Å². The van der Waals surface area contributed by atoms with Crippen molar-refractivity contribution in [1.29, 1.82) is 0 Å².